The Labute approximate surface area is 232 Å². The average molecular weight is 548 g/mol. The third-order valence-corrected chi connectivity index (χ3v) is 6.66. The smallest absolute Gasteiger partial charge is 0.249 e. The van der Waals surface area contributed by atoms with Crippen molar-refractivity contribution < 1.29 is 23.5 Å². The molecule has 40 heavy (non-hydrogen) atoms. The number of benzene rings is 3. The monoisotopic (exact) mass is 547 g/mol. The number of nitrogens with one attached hydrogen (secondary N) is 1. The number of anilines is 1. The van der Waals surface area contributed by atoms with E-state index in [4.69, 9.17) is 9.47 Å². The highest BCUT2D eigenvalue weighted by Gasteiger charge is 2.36. The third kappa shape index (κ3) is 6.06. The third-order valence-electron chi connectivity index (χ3n) is 6.66. The van der Waals surface area contributed by atoms with Gasteiger partial charge in [0.25, 0.3) is 0 Å². The first-order valence-electron chi connectivity index (χ1n) is 13.1. The van der Waals surface area contributed by atoms with E-state index < -0.39 is 23.7 Å². The summed E-state index contributed by atoms with van der Waals surface area (Å²) in [5.41, 5.74) is 2.30. The molecule has 1 heterocycles. The molecule has 10 heteroatoms. The number of rotatable bonds is 11. The number of aryl methyl sites for hydroxylation is 1. The van der Waals surface area contributed by atoms with Gasteiger partial charge in [0.1, 0.15) is 23.9 Å². The lowest BCUT2D eigenvalue weighted by Crippen LogP contribution is -2.45. The summed E-state index contributed by atoms with van der Waals surface area (Å²) in [6.45, 7) is 5.91. The molecule has 1 N–H and O–H groups in total. The van der Waals surface area contributed by atoms with Crippen LogP contribution < -0.4 is 19.7 Å². The van der Waals surface area contributed by atoms with Crippen molar-refractivity contribution in [3.63, 3.8) is 0 Å². The van der Waals surface area contributed by atoms with E-state index in [0.717, 1.165) is 6.42 Å². The number of nitrogens with zero attached hydrogens (tertiary/aromatic N) is 4. The van der Waals surface area contributed by atoms with Crippen LogP contribution in [0.1, 0.15) is 37.4 Å². The highest BCUT2D eigenvalue weighted by atomic mass is 19.1. The fourth-order valence-corrected chi connectivity index (χ4v) is 4.51. The molecule has 1 aromatic heterocycles. The molecule has 9 nitrogen and oxygen atoms in total. The minimum atomic E-state index is -1.21. The molecule has 0 fully saturated rings. The predicted molar refractivity (Wildman–Crippen MR) is 151 cm³/mol. The number of hydrogen-bond acceptors (Lipinski definition) is 6. The topological polar surface area (TPSA) is 98.6 Å². The van der Waals surface area contributed by atoms with Gasteiger partial charge >= 0.3 is 0 Å². The van der Waals surface area contributed by atoms with Crippen LogP contribution in [0.4, 0.5) is 10.1 Å². The quantitative estimate of drug-likeness (QED) is 0.289. The standard InChI is InChI=1S/C30H34FN5O4/c1-19(2)15-16-32-30(38)28(22-9-8-12-26(39-4)29(22)40-5)36(21-14-13-20(3)23(31)17-21)27(37)18-35-25-11-7-6-10-24(25)33-34-35/h6-14,17,19,28H,15-16,18H2,1-5H3,(H,32,38)/t28-/m1/s1. The van der Waals surface area contributed by atoms with Gasteiger partial charge in [-0.2, -0.15) is 0 Å². The molecule has 0 saturated carbocycles. The van der Waals surface area contributed by atoms with Crippen molar-refractivity contribution in [2.24, 2.45) is 5.92 Å². The lowest BCUT2D eigenvalue weighted by molar-refractivity contribution is -0.127. The van der Waals surface area contributed by atoms with E-state index in [0.29, 0.717) is 46.1 Å². The molecule has 4 aromatic rings. The summed E-state index contributed by atoms with van der Waals surface area (Å²) in [6, 6.07) is 15.6. The van der Waals surface area contributed by atoms with Crippen molar-refractivity contribution in [2.45, 2.75) is 39.8 Å². The minimum Gasteiger partial charge on any atom is -0.493 e. The van der Waals surface area contributed by atoms with Crippen molar-refractivity contribution in [1.29, 1.82) is 0 Å². The molecule has 0 radical (unpaired) electrons. The second-order valence-electron chi connectivity index (χ2n) is 9.89. The van der Waals surface area contributed by atoms with Crippen LogP contribution in [-0.4, -0.2) is 47.6 Å². The first-order chi connectivity index (χ1) is 19.2. The SMILES string of the molecule is COc1cccc([C@H](C(=O)NCCC(C)C)N(C(=O)Cn2nnc3ccccc32)c2ccc(C)c(F)c2)c1OC. The number of amides is 2. The molecule has 0 bridgehead atoms. The van der Waals surface area contributed by atoms with Crippen LogP contribution in [0, 0.1) is 18.7 Å². The Morgan fingerprint density at radius 3 is 2.52 bits per heavy atom. The average Bonchev–Trinajstić information content (AvgIpc) is 3.35. The Kier molecular flexibility index (Phi) is 8.98. The lowest BCUT2D eigenvalue weighted by Gasteiger charge is -2.32. The molecule has 0 aliphatic rings. The first-order valence-corrected chi connectivity index (χ1v) is 13.1. The summed E-state index contributed by atoms with van der Waals surface area (Å²) >= 11 is 0. The van der Waals surface area contributed by atoms with Gasteiger partial charge in [0.15, 0.2) is 11.5 Å². The molecule has 0 saturated heterocycles. The van der Waals surface area contributed by atoms with Gasteiger partial charge in [0.05, 0.1) is 19.7 Å². The summed E-state index contributed by atoms with van der Waals surface area (Å²) < 4.78 is 27.5. The van der Waals surface area contributed by atoms with Gasteiger partial charge in [-0.3, -0.25) is 14.5 Å². The maximum absolute atomic E-state index is 14.9. The zero-order valence-corrected chi connectivity index (χ0v) is 23.3. The highest BCUT2D eigenvalue weighted by Crippen LogP contribution is 2.39. The number of hydrogen-bond donors (Lipinski definition) is 1. The largest absolute Gasteiger partial charge is 0.493 e. The van der Waals surface area contributed by atoms with E-state index in [9.17, 15) is 14.0 Å². The Morgan fingerprint density at radius 1 is 1.05 bits per heavy atom. The molecule has 0 unspecified atom stereocenters. The molecular weight excluding hydrogens is 513 g/mol. The fraction of sp³-hybridized carbons (Fsp3) is 0.333. The van der Waals surface area contributed by atoms with E-state index in [1.165, 1.54) is 29.9 Å². The van der Waals surface area contributed by atoms with Crippen LogP contribution in [0.15, 0.2) is 60.7 Å². The van der Waals surface area contributed by atoms with Crippen LogP contribution in [0.25, 0.3) is 11.0 Å². The van der Waals surface area contributed by atoms with Crippen LogP contribution in [0.3, 0.4) is 0 Å². The molecule has 1 atom stereocenters. The van der Waals surface area contributed by atoms with Crippen LogP contribution in [0.2, 0.25) is 0 Å². The first kappa shape index (κ1) is 28.5. The maximum atomic E-state index is 14.9. The predicted octanol–water partition coefficient (Wildman–Crippen LogP) is 4.83. The van der Waals surface area contributed by atoms with E-state index in [-0.39, 0.29) is 12.2 Å². The number of carbonyl (C=O) groups excluding carboxylic acids is 2. The maximum Gasteiger partial charge on any atom is 0.249 e. The number of fused-ring (bicyclic) bond motifs is 1. The summed E-state index contributed by atoms with van der Waals surface area (Å²) in [4.78, 5) is 29.4. The molecule has 210 valence electrons. The molecule has 4 rings (SSSR count). The van der Waals surface area contributed by atoms with Gasteiger partial charge in [-0.05, 0) is 55.2 Å². The summed E-state index contributed by atoms with van der Waals surface area (Å²) in [5.74, 6) is -0.388. The van der Waals surface area contributed by atoms with Gasteiger partial charge < -0.3 is 14.8 Å². The number of ether oxygens (including phenoxy) is 2. The molecular formula is C30H34FN5O4. The Hall–Kier alpha value is -4.47. The Morgan fingerprint density at radius 2 is 1.82 bits per heavy atom. The second kappa shape index (κ2) is 12.6. The van der Waals surface area contributed by atoms with Gasteiger partial charge in [0, 0.05) is 17.8 Å². The Bertz CT molecular complexity index is 1500. The zero-order chi connectivity index (χ0) is 28.8. The Balaban J connectivity index is 1.87. The normalized spacial score (nSPS) is 11.9. The molecule has 2 amide bonds. The van der Waals surface area contributed by atoms with E-state index in [1.54, 1.807) is 49.4 Å². The molecule has 0 spiro atoms. The van der Waals surface area contributed by atoms with Gasteiger partial charge in [-0.15, -0.1) is 5.10 Å². The molecule has 0 aliphatic carbocycles. The number of methoxy groups -OCH3 is 2. The van der Waals surface area contributed by atoms with Crippen molar-refractivity contribution >= 4 is 28.5 Å². The van der Waals surface area contributed by atoms with Crippen molar-refractivity contribution in [3.05, 3.63) is 77.6 Å². The summed E-state index contributed by atoms with van der Waals surface area (Å²) in [7, 11) is 2.96. The highest BCUT2D eigenvalue weighted by molar-refractivity contribution is 6.02. The number of aromatic nitrogens is 3. The van der Waals surface area contributed by atoms with Crippen LogP contribution >= 0.6 is 0 Å². The second-order valence-corrected chi connectivity index (χ2v) is 9.89. The molecule has 0 aliphatic heterocycles. The minimum absolute atomic E-state index is 0.214. The van der Waals surface area contributed by atoms with Crippen molar-refractivity contribution in [3.8, 4) is 11.5 Å². The van der Waals surface area contributed by atoms with E-state index in [1.807, 2.05) is 12.1 Å². The lowest BCUT2D eigenvalue weighted by atomic mass is 10.0. The van der Waals surface area contributed by atoms with Gasteiger partial charge in [0.2, 0.25) is 11.8 Å². The van der Waals surface area contributed by atoms with Crippen LogP contribution in [0.5, 0.6) is 11.5 Å². The van der Waals surface area contributed by atoms with Crippen molar-refractivity contribution in [1.82, 2.24) is 20.3 Å². The van der Waals surface area contributed by atoms with Crippen LogP contribution in [-0.2, 0) is 16.1 Å². The number of para-hydroxylation sites is 2. The fourth-order valence-electron chi connectivity index (χ4n) is 4.51. The van der Waals surface area contributed by atoms with E-state index >= 15 is 0 Å². The zero-order valence-electron chi connectivity index (χ0n) is 23.3. The molecule has 3 aromatic carbocycles. The summed E-state index contributed by atoms with van der Waals surface area (Å²) in [5, 5.41) is 11.3. The van der Waals surface area contributed by atoms with Gasteiger partial charge in [-0.25, -0.2) is 9.07 Å². The van der Waals surface area contributed by atoms with Crippen molar-refractivity contribution in [2.75, 3.05) is 25.7 Å². The number of halogens is 1. The summed E-state index contributed by atoms with van der Waals surface area (Å²) in [6.07, 6.45) is 0.742. The van der Waals surface area contributed by atoms with E-state index in [2.05, 4.69) is 29.5 Å². The number of carbonyl (C=O) groups is 2. The van der Waals surface area contributed by atoms with Gasteiger partial charge in [-0.1, -0.05) is 49.4 Å².